The third kappa shape index (κ3) is 3.69. The van der Waals surface area contributed by atoms with Crippen LogP contribution in [0.2, 0.25) is 0 Å². The van der Waals surface area contributed by atoms with Crippen LogP contribution in [0.25, 0.3) is 0 Å². The van der Waals surface area contributed by atoms with Gasteiger partial charge in [-0.25, -0.2) is 0 Å². The Balaban J connectivity index is 3.78. The van der Waals surface area contributed by atoms with Crippen molar-refractivity contribution in [1.29, 1.82) is 5.26 Å². The van der Waals surface area contributed by atoms with Crippen molar-refractivity contribution >= 4 is 5.78 Å². The highest BCUT2D eigenvalue weighted by molar-refractivity contribution is 5.93. The quantitative estimate of drug-likeness (QED) is 0.420. The monoisotopic (exact) mass is 135 g/mol. The van der Waals surface area contributed by atoms with Crippen LogP contribution in [0.5, 0.6) is 0 Å². The summed E-state index contributed by atoms with van der Waals surface area (Å²) >= 11 is 0. The van der Waals surface area contributed by atoms with Crippen molar-refractivity contribution in [3.8, 4) is 17.9 Å². The molecule has 0 aromatic rings. The Morgan fingerprint density at radius 3 is 2.70 bits per heavy atom. The van der Waals surface area contributed by atoms with Crippen molar-refractivity contribution in [3.05, 3.63) is 0 Å². The predicted molar refractivity (Wildman–Crippen MR) is 37.9 cm³/mol. The third-order valence-electron chi connectivity index (χ3n) is 1.01. The van der Waals surface area contributed by atoms with Gasteiger partial charge in [-0.15, -0.1) is 5.92 Å². The van der Waals surface area contributed by atoms with Gasteiger partial charge < -0.3 is 0 Å². The molecule has 0 spiro atoms. The molecule has 0 saturated carbocycles. The molecule has 0 saturated heterocycles. The number of ketones is 1. The van der Waals surface area contributed by atoms with E-state index in [0.717, 1.165) is 0 Å². The molecular weight excluding hydrogens is 126 g/mol. The van der Waals surface area contributed by atoms with Gasteiger partial charge in [0, 0.05) is 12.3 Å². The number of rotatable bonds is 2. The van der Waals surface area contributed by atoms with Crippen molar-refractivity contribution in [3.63, 3.8) is 0 Å². The topological polar surface area (TPSA) is 40.9 Å². The first-order valence-corrected chi connectivity index (χ1v) is 3.06. The number of hydrogen-bond donors (Lipinski definition) is 0. The molecule has 1 atom stereocenters. The molecule has 2 nitrogen and oxygen atoms in total. The second kappa shape index (κ2) is 4.58. The van der Waals surface area contributed by atoms with E-state index in [0.29, 0.717) is 0 Å². The second-order valence-corrected chi connectivity index (χ2v) is 2.03. The highest BCUT2D eigenvalue weighted by Gasteiger charge is 2.03. The highest BCUT2D eigenvalue weighted by Crippen LogP contribution is 1.98. The molecule has 0 rings (SSSR count). The van der Waals surface area contributed by atoms with Crippen LogP contribution in [0.4, 0.5) is 0 Å². The number of nitriles is 1. The average molecular weight is 135 g/mol. The van der Waals surface area contributed by atoms with E-state index in [1.54, 1.807) is 13.0 Å². The van der Waals surface area contributed by atoms with E-state index in [1.807, 2.05) is 6.92 Å². The van der Waals surface area contributed by atoms with Crippen molar-refractivity contribution in [1.82, 2.24) is 0 Å². The zero-order chi connectivity index (χ0) is 7.98. The van der Waals surface area contributed by atoms with Crippen LogP contribution >= 0.6 is 0 Å². The Morgan fingerprint density at radius 1 is 1.70 bits per heavy atom. The molecule has 0 fully saturated rings. The summed E-state index contributed by atoms with van der Waals surface area (Å²) in [7, 11) is 0. The maximum absolute atomic E-state index is 10.5. The Kier molecular flexibility index (Phi) is 4.00. The molecular formula is C8H9NO. The molecule has 0 aliphatic heterocycles. The van der Waals surface area contributed by atoms with E-state index in [2.05, 4.69) is 11.8 Å². The summed E-state index contributed by atoms with van der Waals surface area (Å²) in [4.78, 5) is 10.5. The molecule has 0 radical (unpaired) electrons. The summed E-state index contributed by atoms with van der Waals surface area (Å²) in [5, 5.41) is 8.10. The van der Waals surface area contributed by atoms with Gasteiger partial charge >= 0.3 is 0 Å². The molecule has 0 N–H and O–H groups in total. The van der Waals surface area contributed by atoms with Gasteiger partial charge in [0.2, 0.25) is 5.78 Å². The van der Waals surface area contributed by atoms with E-state index in [4.69, 9.17) is 5.26 Å². The molecule has 2 heteroatoms. The predicted octanol–water partition coefficient (Wildman–Crippen LogP) is 1.13. The normalized spacial score (nSPS) is 10.5. The Hall–Kier alpha value is -1.28. The molecule has 0 aliphatic carbocycles. The van der Waals surface area contributed by atoms with E-state index < -0.39 is 5.78 Å². The van der Waals surface area contributed by atoms with E-state index in [-0.39, 0.29) is 12.3 Å². The minimum absolute atomic E-state index is 0.0112. The first kappa shape index (κ1) is 8.72. The zero-order valence-electron chi connectivity index (χ0n) is 6.14. The lowest BCUT2D eigenvalue weighted by atomic mass is 10.1. The Labute approximate surface area is 60.8 Å². The maximum atomic E-state index is 10.5. The van der Waals surface area contributed by atoms with Crippen molar-refractivity contribution < 1.29 is 4.79 Å². The van der Waals surface area contributed by atoms with Crippen LogP contribution in [0, 0.1) is 29.1 Å². The fraction of sp³-hybridized carbons (Fsp3) is 0.500. The van der Waals surface area contributed by atoms with Gasteiger partial charge in [0.15, 0.2) is 0 Å². The summed E-state index contributed by atoms with van der Waals surface area (Å²) in [6, 6.07) is 1.55. The number of hydrogen-bond acceptors (Lipinski definition) is 2. The van der Waals surface area contributed by atoms with Crippen LogP contribution in [0.3, 0.4) is 0 Å². The third-order valence-corrected chi connectivity index (χ3v) is 1.01. The maximum Gasteiger partial charge on any atom is 0.233 e. The average Bonchev–Trinajstić information content (AvgIpc) is 1.88. The molecule has 1 unspecified atom stereocenters. The molecule has 52 valence electrons. The smallest absolute Gasteiger partial charge is 0.233 e. The number of carbonyl (C=O) groups is 1. The van der Waals surface area contributed by atoms with Gasteiger partial charge in [-0.3, -0.25) is 4.79 Å². The van der Waals surface area contributed by atoms with Crippen molar-refractivity contribution in [2.75, 3.05) is 0 Å². The summed E-state index contributed by atoms with van der Waals surface area (Å²) in [5.74, 6) is 5.09. The lowest BCUT2D eigenvalue weighted by Crippen LogP contribution is -2.00. The minimum atomic E-state index is -0.393. The van der Waals surface area contributed by atoms with Crippen LogP contribution < -0.4 is 0 Å². The lowest BCUT2D eigenvalue weighted by Gasteiger charge is -1.94. The minimum Gasteiger partial charge on any atom is -0.283 e. The van der Waals surface area contributed by atoms with Crippen molar-refractivity contribution in [2.24, 2.45) is 5.92 Å². The number of carbonyl (C=O) groups excluding carboxylic acids is 1. The molecule has 0 aliphatic rings. The second-order valence-electron chi connectivity index (χ2n) is 2.03. The number of nitrogens with zero attached hydrogens (tertiary/aromatic N) is 1. The SMILES string of the molecule is CC#CC(C)CC(=O)C#N. The van der Waals surface area contributed by atoms with E-state index >= 15 is 0 Å². The van der Waals surface area contributed by atoms with Crippen molar-refractivity contribution in [2.45, 2.75) is 20.3 Å². The standard InChI is InChI=1S/C8H9NO/c1-3-4-7(2)5-8(10)6-9/h7H,5H2,1-2H3. The van der Waals surface area contributed by atoms with Crippen LogP contribution in [0.15, 0.2) is 0 Å². The van der Waals surface area contributed by atoms with Gasteiger partial charge in [0.05, 0.1) is 0 Å². The summed E-state index contributed by atoms with van der Waals surface area (Å²) in [5.41, 5.74) is 0. The summed E-state index contributed by atoms with van der Waals surface area (Å²) < 4.78 is 0. The van der Waals surface area contributed by atoms with Crippen LogP contribution in [-0.4, -0.2) is 5.78 Å². The summed E-state index contributed by atoms with van der Waals surface area (Å²) in [6.07, 6.45) is 0.247. The summed E-state index contributed by atoms with van der Waals surface area (Å²) in [6.45, 7) is 3.54. The fourth-order valence-electron chi connectivity index (χ4n) is 0.621. The van der Waals surface area contributed by atoms with E-state index in [9.17, 15) is 4.79 Å². The molecule has 0 aromatic carbocycles. The molecule has 0 aromatic heterocycles. The zero-order valence-corrected chi connectivity index (χ0v) is 6.14. The van der Waals surface area contributed by atoms with E-state index in [1.165, 1.54) is 0 Å². The Morgan fingerprint density at radius 2 is 2.30 bits per heavy atom. The van der Waals surface area contributed by atoms with Crippen LogP contribution in [0.1, 0.15) is 20.3 Å². The largest absolute Gasteiger partial charge is 0.283 e. The molecule has 0 amide bonds. The Bertz CT molecular complexity index is 214. The lowest BCUT2D eigenvalue weighted by molar-refractivity contribution is -0.114. The van der Waals surface area contributed by atoms with Gasteiger partial charge in [-0.1, -0.05) is 12.8 Å². The molecule has 0 heterocycles. The van der Waals surface area contributed by atoms with Gasteiger partial charge in [-0.2, -0.15) is 5.26 Å². The molecule has 10 heavy (non-hydrogen) atoms. The number of Topliss-reactive ketones (excluding diaryl/α,β-unsaturated/α-hetero) is 1. The first-order valence-electron chi connectivity index (χ1n) is 3.06. The van der Waals surface area contributed by atoms with Gasteiger partial charge in [0.1, 0.15) is 6.07 Å². The highest BCUT2D eigenvalue weighted by atomic mass is 16.1. The first-order chi connectivity index (χ1) is 4.70. The fourth-order valence-corrected chi connectivity index (χ4v) is 0.621. The molecule has 0 bridgehead atoms. The van der Waals surface area contributed by atoms with Crippen LogP contribution in [-0.2, 0) is 4.79 Å². The van der Waals surface area contributed by atoms with Gasteiger partial charge in [-0.05, 0) is 6.92 Å². The van der Waals surface area contributed by atoms with Gasteiger partial charge in [0.25, 0.3) is 0 Å².